The Morgan fingerprint density at radius 1 is 1.29 bits per heavy atom. The number of anilines is 1. The van der Waals surface area contributed by atoms with Gasteiger partial charge in [-0.3, -0.25) is 0 Å². The minimum absolute atomic E-state index is 0.0635. The van der Waals surface area contributed by atoms with Crippen LogP contribution in [0.25, 0.3) is 0 Å². The smallest absolute Gasteiger partial charge is 0.129 e. The fraction of sp³-hybridized carbons (Fsp3) is 0.692. The predicted octanol–water partition coefficient (Wildman–Crippen LogP) is 2.36. The van der Waals surface area contributed by atoms with E-state index in [1.807, 2.05) is 6.07 Å². The Balaban J connectivity index is 1.98. The van der Waals surface area contributed by atoms with Crippen molar-refractivity contribution in [2.75, 3.05) is 12.4 Å². The first-order valence-corrected chi connectivity index (χ1v) is 6.11. The SMILES string of the molecule is COC1CC(Nc2cc(C(C)(C)C)ncn2)C1. The van der Waals surface area contributed by atoms with Crippen LogP contribution in [0.3, 0.4) is 0 Å². The number of ether oxygens (including phenoxy) is 1. The van der Waals surface area contributed by atoms with E-state index >= 15 is 0 Å². The van der Waals surface area contributed by atoms with E-state index in [1.54, 1.807) is 13.4 Å². The second-order valence-electron chi connectivity index (χ2n) is 5.71. The first-order valence-electron chi connectivity index (χ1n) is 6.11. The zero-order valence-electron chi connectivity index (χ0n) is 11.0. The number of hydrogen-bond donors (Lipinski definition) is 1. The maximum Gasteiger partial charge on any atom is 0.129 e. The van der Waals surface area contributed by atoms with Gasteiger partial charge in [0.15, 0.2) is 0 Å². The second kappa shape index (κ2) is 4.61. The molecule has 1 N–H and O–H groups in total. The van der Waals surface area contributed by atoms with Crippen molar-refractivity contribution in [1.29, 1.82) is 0 Å². The molecule has 2 rings (SSSR count). The van der Waals surface area contributed by atoms with Gasteiger partial charge in [0.05, 0.1) is 11.8 Å². The van der Waals surface area contributed by atoms with Crippen molar-refractivity contribution in [3.63, 3.8) is 0 Å². The Morgan fingerprint density at radius 3 is 2.59 bits per heavy atom. The van der Waals surface area contributed by atoms with E-state index in [0.717, 1.165) is 24.4 Å². The van der Waals surface area contributed by atoms with Crippen molar-refractivity contribution in [1.82, 2.24) is 9.97 Å². The van der Waals surface area contributed by atoms with Crippen LogP contribution in [0.4, 0.5) is 5.82 Å². The molecular formula is C13H21N3O. The summed E-state index contributed by atoms with van der Waals surface area (Å²) in [5.41, 5.74) is 1.13. The van der Waals surface area contributed by atoms with Gasteiger partial charge in [0.25, 0.3) is 0 Å². The van der Waals surface area contributed by atoms with Gasteiger partial charge in [-0.25, -0.2) is 9.97 Å². The Labute approximate surface area is 103 Å². The van der Waals surface area contributed by atoms with Crippen LogP contribution >= 0.6 is 0 Å². The Morgan fingerprint density at radius 2 is 2.00 bits per heavy atom. The number of nitrogens with zero attached hydrogens (tertiary/aromatic N) is 2. The van der Waals surface area contributed by atoms with Gasteiger partial charge in [0, 0.05) is 24.6 Å². The molecular weight excluding hydrogens is 214 g/mol. The molecule has 0 radical (unpaired) electrons. The lowest BCUT2D eigenvalue weighted by Gasteiger charge is -2.35. The van der Waals surface area contributed by atoms with Gasteiger partial charge in [0.2, 0.25) is 0 Å². The zero-order valence-corrected chi connectivity index (χ0v) is 11.0. The minimum atomic E-state index is 0.0635. The van der Waals surface area contributed by atoms with Gasteiger partial charge < -0.3 is 10.1 Å². The highest BCUT2D eigenvalue weighted by Crippen LogP contribution is 2.27. The average molecular weight is 235 g/mol. The fourth-order valence-corrected chi connectivity index (χ4v) is 1.93. The Hall–Kier alpha value is -1.16. The van der Waals surface area contributed by atoms with E-state index in [0.29, 0.717) is 12.1 Å². The molecule has 0 aliphatic heterocycles. The van der Waals surface area contributed by atoms with E-state index in [2.05, 4.69) is 36.1 Å². The molecule has 1 aromatic heterocycles. The summed E-state index contributed by atoms with van der Waals surface area (Å²) in [6.45, 7) is 6.47. The van der Waals surface area contributed by atoms with Crippen LogP contribution in [0, 0.1) is 0 Å². The number of aromatic nitrogens is 2. The summed E-state index contributed by atoms with van der Waals surface area (Å²) in [5, 5.41) is 3.42. The highest BCUT2D eigenvalue weighted by Gasteiger charge is 2.29. The summed E-state index contributed by atoms with van der Waals surface area (Å²) >= 11 is 0. The van der Waals surface area contributed by atoms with Crippen molar-refractivity contribution < 1.29 is 4.74 Å². The lowest BCUT2D eigenvalue weighted by atomic mass is 9.89. The molecule has 4 nitrogen and oxygen atoms in total. The van der Waals surface area contributed by atoms with Crippen LogP contribution in [0.2, 0.25) is 0 Å². The molecule has 1 aliphatic rings. The van der Waals surface area contributed by atoms with E-state index in [4.69, 9.17) is 4.74 Å². The van der Waals surface area contributed by atoms with Gasteiger partial charge in [0.1, 0.15) is 12.1 Å². The topological polar surface area (TPSA) is 47.0 Å². The molecule has 0 saturated heterocycles. The monoisotopic (exact) mass is 235 g/mol. The molecule has 94 valence electrons. The minimum Gasteiger partial charge on any atom is -0.381 e. The van der Waals surface area contributed by atoms with Gasteiger partial charge in [-0.2, -0.15) is 0 Å². The lowest BCUT2D eigenvalue weighted by Crippen LogP contribution is -2.40. The third-order valence-corrected chi connectivity index (χ3v) is 3.22. The summed E-state index contributed by atoms with van der Waals surface area (Å²) in [6.07, 6.45) is 4.17. The van der Waals surface area contributed by atoms with Gasteiger partial charge >= 0.3 is 0 Å². The van der Waals surface area contributed by atoms with Crippen molar-refractivity contribution in [3.05, 3.63) is 18.1 Å². The molecule has 1 aliphatic carbocycles. The summed E-state index contributed by atoms with van der Waals surface area (Å²) < 4.78 is 5.26. The summed E-state index contributed by atoms with van der Waals surface area (Å²) in [7, 11) is 1.77. The van der Waals surface area contributed by atoms with Crippen molar-refractivity contribution in [3.8, 4) is 0 Å². The number of rotatable bonds is 3. The average Bonchev–Trinajstić information content (AvgIpc) is 2.22. The summed E-state index contributed by atoms with van der Waals surface area (Å²) in [5.74, 6) is 0.921. The molecule has 0 spiro atoms. The summed E-state index contributed by atoms with van der Waals surface area (Å²) in [6, 6.07) is 2.53. The standard InChI is InChI=1S/C13H21N3O/c1-13(2,3)11-7-12(15-8-14-11)16-9-5-10(6-9)17-4/h7-10H,5-6H2,1-4H3,(H,14,15,16). The summed E-state index contributed by atoms with van der Waals surface area (Å²) in [4.78, 5) is 8.58. The van der Waals surface area contributed by atoms with Crippen LogP contribution < -0.4 is 5.32 Å². The second-order valence-corrected chi connectivity index (χ2v) is 5.71. The normalized spacial score (nSPS) is 24.2. The Kier molecular flexibility index (Phi) is 3.33. The predicted molar refractivity (Wildman–Crippen MR) is 68.2 cm³/mol. The molecule has 1 heterocycles. The number of hydrogen-bond acceptors (Lipinski definition) is 4. The van der Waals surface area contributed by atoms with Gasteiger partial charge in [-0.05, 0) is 12.8 Å². The third-order valence-electron chi connectivity index (χ3n) is 3.22. The lowest BCUT2D eigenvalue weighted by molar-refractivity contribution is 0.0328. The Bertz CT molecular complexity index is 380. The number of methoxy groups -OCH3 is 1. The van der Waals surface area contributed by atoms with E-state index in [1.165, 1.54) is 0 Å². The molecule has 4 heteroatoms. The highest BCUT2D eigenvalue weighted by molar-refractivity contribution is 5.38. The van der Waals surface area contributed by atoms with Crippen molar-refractivity contribution in [2.24, 2.45) is 0 Å². The fourth-order valence-electron chi connectivity index (χ4n) is 1.93. The largest absolute Gasteiger partial charge is 0.381 e. The molecule has 0 aromatic carbocycles. The zero-order chi connectivity index (χ0) is 12.5. The van der Waals surface area contributed by atoms with Crippen LogP contribution in [0.15, 0.2) is 12.4 Å². The van der Waals surface area contributed by atoms with Crippen LogP contribution in [-0.4, -0.2) is 29.2 Å². The highest BCUT2D eigenvalue weighted by atomic mass is 16.5. The quantitative estimate of drug-likeness (QED) is 0.873. The van der Waals surface area contributed by atoms with Crippen LogP contribution in [-0.2, 0) is 10.2 Å². The first kappa shape index (κ1) is 12.3. The maximum absolute atomic E-state index is 5.26. The first-order chi connectivity index (χ1) is 7.99. The maximum atomic E-state index is 5.26. The van der Waals surface area contributed by atoms with Crippen molar-refractivity contribution in [2.45, 2.75) is 51.2 Å². The molecule has 0 amide bonds. The van der Waals surface area contributed by atoms with Crippen LogP contribution in [0.1, 0.15) is 39.3 Å². The molecule has 1 aromatic rings. The molecule has 1 fully saturated rings. The van der Waals surface area contributed by atoms with Crippen LogP contribution in [0.5, 0.6) is 0 Å². The van der Waals surface area contributed by atoms with E-state index in [-0.39, 0.29) is 5.41 Å². The molecule has 0 atom stereocenters. The molecule has 0 bridgehead atoms. The van der Waals surface area contributed by atoms with E-state index in [9.17, 15) is 0 Å². The molecule has 0 unspecified atom stereocenters. The molecule has 1 saturated carbocycles. The molecule has 17 heavy (non-hydrogen) atoms. The van der Waals surface area contributed by atoms with Crippen molar-refractivity contribution >= 4 is 5.82 Å². The van der Waals surface area contributed by atoms with E-state index < -0.39 is 0 Å². The number of nitrogens with one attached hydrogen (secondary N) is 1. The third kappa shape index (κ3) is 2.94. The van der Waals surface area contributed by atoms with Gasteiger partial charge in [-0.1, -0.05) is 20.8 Å². The van der Waals surface area contributed by atoms with Gasteiger partial charge in [-0.15, -0.1) is 0 Å².